The lowest BCUT2D eigenvalue weighted by Gasteiger charge is -2.01. The zero-order valence-electron chi connectivity index (χ0n) is 4.83. The number of hydrogen-bond acceptors (Lipinski definition) is 3. The Morgan fingerprint density at radius 2 is 2.62 bits per heavy atom. The quantitative estimate of drug-likeness (QED) is 0.336. The summed E-state index contributed by atoms with van der Waals surface area (Å²) in [6.07, 6.45) is 1.07. The van der Waals surface area contributed by atoms with Crippen LogP contribution < -0.4 is 0 Å². The normalized spacial score (nSPS) is 30.0. The van der Waals surface area contributed by atoms with E-state index >= 15 is 0 Å². The van der Waals surface area contributed by atoms with Gasteiger partial charge in [-0.1, -0.05) is 0 Å². The summed E-state index contributed by atoms with van der Waals surface area (Å²) in [6.45, 7) is 2.63. The third kappa shape index (κ3) is 1.78. The Hall–Kier alpha value is -0.120. The summed E-state index contributed by atoms with van der Waals surface area (Å²) in [5.41, 5.74) is 0. The van der Waals surface area contributed by atoms with Crippen LogP contribution in [0.3, 0.4) is 0 Å². The molecule has 0 aromatic carbocycles. The SMILES string of the molecule is CC(CC1CO1)OO. The van der Waals surface area contributed by atoms with Crippen molar-refractivity contribution >= 4 is 0 Å². The van der Waals surface area contributed by atoms with Gasteiger partial charge < -0.3 is 4.74 Å². The van der Waals surface area contributed by atoms with Gasteiger partial charge in [0.15, 0.2) is 0 Å². The first-order valence-corrected chi connectivity index (χ1v) is 2.74. The number of epoxide rings is 1. The monoisotopic (exact) mass is 118 g/mol. The molecule has 2 atom stereocenters. The summed E-state index contributed by atoms with van der Waals surface area (Å²) in [6, 6.07) is 0. The number of ether oxygens (including phenoxy) is 1. The van der Waals surface area contributed by atoms with Crippen molar-refractivity contribution in [3.63, 3.8) is 0 Å². The molecule has 1 fully saturated rings. The van der Waals surface area contributed by atoms with E-state index in [9.17, 15) is 0 Å². The van der Waals surface area contributed by atoms with E-state index in [2.05, 4.69) is 4.89 Å². The van der Waals surface area contributed by atoms with Crippen molar-refractivity contribution in [2.75, 3.05) is 6.61 Å². The molecule has 3 heteroatoms. The minimum absolute atomic E-state index is 0.0810. The number of hydrogen-bond donors (Lipinski definition) is 1. The first kappa shape index (κ1) is 6.01. The smallest absolute Gasteiger partial charge is 0.0924 e. The van der Waals surface area contributed by atoms with Gasteiger partial charge in [-0.15, -0.1) is 0 Å². The standard InChI is InChI=1S/C5H10O3/c1-4(8-6)2-5-3-7-5/h4-6H,2-3H2,1H3. The molecule has 1 N–H and O–H groups in total. The van der Waals surface area contributed by atoms with Gasteiger partial charge in [0.1, 0.15) is 0 Å². The van der Waals surface area contributed by atoms with Gasteiger partial charge >= 0.3 is 0 Å². The van der Waals surface area contributed by atoms with E-state index in [0.717, 1.165) is 13.0 Å². The molecule has 0 saturated carbocycles. The van der Waals surface area contributed by atoms with Crippen LogP contribution >= 0.6 is 0 Å². The van der Waals surface area contributed by atoms with Crippen molar-refractivity contribution < 1.29 is 14.9 Å². The predicted molar refractivity (Wildman–Crippen MR) is 27.5 cm³/mol. The van der Waals surface area contributed by atoms with E-state index in [0.29, 0.717) is 6.10 Å². The zero-order valence-corrected chi connectivity index (χ0v) is 4.83. The lowest BCUT2D eigenvalue weighted by Crippen LogP contribution is -2.07. The second-order valence-corrected chi connectivity index (χ2v) is 2.11. The van der Waals surface area contributed by atoms with E-state index in [-0.39, 0.29) is 6.10 Å². The van der Waals surface area contributed by atoms with Crippen LogP contribution in [0.2, 0.25) is 0 Å². The molecule has 0 aromatic rings. The summed E-state index contributed by atoms with van der Waals surface area (Å²) < 4.78 is 4.89. The van der Waals surface area contributed by atoms with Crippen LogP contribution in [0.1, 0.15) is 13.3 Å². The fraction of sp³-hybridized carbons (Fsp3) is 1.00. The largest absolute Gasteiger partial charge is 0.373 e. The Kier molecular flexibility index (Phi) is 1.83. The molecule has 1 saturated heterocycles. The van der Waals surface area contributed by atoms with Gasteiger partial charge in [-0.25, -0.2) is 4.89 Å². The Balaban J connectivity index is 1.98. The third-order valence-electron chi connectivity index (χ3n) is 1.18. The molecule has 2 unspecified atom stereocenters. The maximum Gasteiger partial charge on any atom is 0.0924 e. The average Bonchev–Trinajstić information content (AvgIpc) is 2.50. The Bertz CT molecular complexity index is 70.1. The van der Waals surface area contributed by atoms with Crippen LogP contribution in [0, 0.1) is 0 Å². The topological polar surface area (TPSA) is 42.0 Å². The second kappa shape index (κ2) is 2.44. The van der Waals surface area contributed by atoms with Gasteiger partial charge in [-0.05, 0) is 6.92 Å². The highest BCUT2D eigenvalue weighted by Crippen LogP contribution is 2.16. The molecule has 1 aliphatic heterocycles. The van der Waals surface area contributed by atoms with Crippen LogP contribution in [0.4, 0.5) is 0 Å². The predicted octanol–water partition coefficient (Wildman–Crippen LogP) is 0.653. The molecule has 0 spiro atoms. The lowest BCUT2D eigenvalue weighted by atomic mass is 10.2. The van der Waals surface area contributed by atoms with E-state index in [1.165, 1.54) is 0 Å². The molecule has 8 heavy (non-hydrogen) atoms. The van der Waals surface area contributed by atoms with Crippen LogP contribution in [-0.2, 0) is 9.62 Å². The van der Waals surface area contributed by atoms with Crippen molar-refractivity contribution in [1.82, 2.24) is 0 Å². The second-order valence-electron chi connectivity index (χ2n) is 2.11. The van der Waals surface area contributed by atoms with Crippen LogP contribution in [-0.4, -0.2) is 24.1 Å². The molecule has 0 amide bonds. The fourth-order valence-electron chi connectivity index (χ4n) is 0.617. The maximum absolute atomic E-state index is 8.06. The summed E-state index contributed by atoms with van der Waals surface area (Å²) >= 11 is 0. The maximum atomic E-state index is 8.06. The highest BCUT2D eigenvalue weighted by Gasteiger charge is 2.24. The van der Waals surface area contributed by atoms with E-state index in [4.69, 9.17) is 9.99 Å². The Labute approximate surface area is 48.1 Å². The number of rotatable bonds is 3. The first-order chi connectivity index (χ1) is 3.83. The van der Waals surface area contributed by atoms with E-state index in [1.54, 1.807) is 0 Å². The minimum Gasteiger partial charge on any atom is -0.373 e. The van der Waals surface area contributed by atoms with Crippen LogP contribution in [0.25, 0.3) is 0 Å². The van der Waals surface area contributed by atoms with Gasteiger partial charge in [0.25, 0.3) is 0 Å². The molecule has 0 aliphatic carbocycles. The first-order valence-electron chi connectivity index (χ1n) is 2.74. The molecular formula is C5H10O3. The highest BCUT2D eigenvalue weighted by molar-refractivity contribution is 4.71. The molecule has 1 aliphatic rings. The molecule has 48 valence electrons. The van der Waals surface area contributed by atoms with Crippen LogP contribution in [0.15, 0.2) is 0 Å². The van der Waals surface area contributed by atoms with E-state index < -0.39 is 0 Å². The van der Waals surface area contributed by atoms with Crippen molar-refractivity contribution in [2.24, 2.45) is 0 Å². The molecular weight excluding hydrogens is 108 g/mol. The Morgan fingerprint density at radius 1 is 2.00 bits per heavy atom. The highest BCUT2D eigenvalue weighted by atomic mass is 17.1. The van der Waals surface area contributed by atoms with Crippen molar-refractivity contribution in [1.29, 1.82) is 0 Å². The average molecular weight is 118 g/mol. The van der Waals surface area contributed by atoms with Crippen molar-refractivity contribution in [2.45, 2.75) is 25.6 Å². The van der Waals surface area contributed by atoms with Gasteiger partial charge in [-0.2, -0.15) is 0 Å². The molecule has 3 nitrogen and oxygen atoms in total. The van der Waals surface area contributed by atoms with Crippen LogP contribution in [0.5, 0.6) is 0 Å². The summed E-state index contributed by atoms with van der Waals surface area (Å²) in [5, 5.41) is 8.06. The molecule has 0 aromatic heterocycles. The van der Waals surface area contributed by atoms with Gasteiger partial charge in [0.05, 0.1) is 18.8 Å². The fourth-order valence-corrected chi connectivity index (χ4v) is 0.617. The van der Waals surface area contributed by atoms with Gasteiger partial charge in [0.2, 0.25) is 0 Å². The van der Waals surface area contributed by atoms with Crippen molar-refractivity contribution in [3.8, 4) is 0 Å². The summed E-state index contributed by atoms with van der Waals surface area (Å²) in [4.78, 5) is 4.02. The van der Waals surface area contributed by atoms with Gasteiger partial charge in [0, 0.05) is 6.42 Å². The minimum atomic E-state index is -0.0810. The Morgan fingerprint density at radius 3 is 3.00 bits per heavy atom. The third-order valence-corrected chi connectivity index (χ3v) is 1.18. The zero-order chi connectivity index (χ0) is 5.98. The molecule has 1 heterocycles. The van der Waals surface area contributed by atoms with Crippen molar-refractivity contribution in [3.05, 3.63) is 0 Å². The molecule has 0 bridgehead atoms. The summed E-state index contributed by atoms with van der Waals surface area (Å²) in [7, 11) is 0. The molecule has 1 rings (SSSR count). The summed E-state index contributed by atoms with van der Waals surface area (Å²) in [5.74, 6) is 0. The van der Waals surface area contributed by atoms with Gasteiger partial charge in [-0.3, -0.25) is 5.26 Å². The van der Waals surface area contributed by atoms with E-state index in [1.807, 2.05) is 6.92 Å². The molecule has 0 radical (unpaired) electrons. The lowest BCUT2D eigenvalue weighted by molar-refractivity contribution is -0.275.